The predicted octanol–water partition coefficient (Wildman–Crippen LogP) is -2.40. The molecule has 3 heterocycles. The second-order valence-electron chi connectivity index (χ2n) is 10.9. The Labute approximate surface area is 257 Å². The lowest BCUT2D eigenvalue weighted by molar-refractivity contribution is -0.306. The van der Waals surface area contributed by atoms with Crippen molar-refractivity contribution in [3.05, 3.63) is 59.7 Å². The van der Waals surface area contributed by atoms with Crippen LogP contribution in [-0.2, 0) is 25.4 Å². The van der Waals surface area contributed by atoms with Crippen LogP contribution >= 0.6 is 0 Å². The number of hydrogen-bond acceptors (Lipinski definition) is 15. The Kier molecular flexibility index (Phi) is 10.4. The van der Waals surface area contributed by atoms with Gasteiger partial charge in [-0.05, 0) is 34.9 Å². The number of aliphatic hydroxyl groups is 8. The first-order valence-electron chi connectivity index (χ1n) is 14.2. The Balaban J connectivity index is 1.44. The van der Waals surface area contributed by atoms with E-state index in [1.54, 1.807) is 24.3 Å². The molecule has 2 fully saturated rings. The molecule has 3 aliphatic rings. The van der Waals surface area contributed by atoms with Crippen molar-refractivity contribution in [3.63, 3.8) is 0 Å². The predicted molar refractivity (Wildman–Crippen MR) is 150 cm³/mol. The summed E-state index contributed by atoms with van der Waals surface area (Å²) >= 11 is 0. The summed E-state index contributed by atoms with van der Waals surface area (Å²) in [7, 11) is 1.46. The zero-order chi connectivity index (χ0) is 32.4. The number of ether oxygens (including phenoxy) is 6. The molecule has 1 unspecified atom stereocenters. The van der Waals surface area contributed by atoms with Gasteiger partial charge in [0.15, 0.2) is 6.29 Å². The van der Waals surface area contributed by atoms with Gasteiger partial charge in [-0.15, -0.1) is 0 Å². The van der Waals surface area contributed by atoms with E-state index in [1.807, 2.05) is 0 Å². The van der Waals surface area contributed by atoms with Gasteiger partial charge in [-0.25, -0.2) is 4.79 Å². The van der Waals surface area contributed by atoms with Gasteiger partial charge in [-0.3, -0.25) is 0 Å². The molecule has 0 amide bonds. The molecule has 15 nitrogen and oxygen atoms in total. The van der Waals surface area contributed by atoms with Crippen molar-refractivity contribution in [3.8, 4) is 17.2 Å². The highest BCUT2D eigenvalue weighted by Gasteiger charge is 2.46. The van der Waals surface area contributed by atoms with E-state index in [1.165, 1.54) is 31.4 Å². The van der Waals surface area contributed by atoms with Gasteiger partial charge in [0.2, 0.25) is 6.29 Å². The Morgan fingerprint density at radius 2 is 1.33 bits per heavy atom. The molecule has 2 saturated heterocycles. The smallest absolute Gasteiger partial charge is 0.336 e. The van der Waals surface area contributed by atoms with E-state index >= 15 is 0 Å². The molecule has 0 spiro atoms. The van der Waals surface area contributed by atoms with Crippen LogP contribution in [0, 0.1) is 0 Å². The number of fused-ring (bicyclic) bond motifs is 1. The molecule has 11 atom stereocenters. The first kappa shape index (κ1) is 33.2. The van der Waals surface area contributed by atoms with Gasteiger partial charge in [0.1, 0.15) is 66.1 Å². The third-order valence-electron chi connectivity index (χ3n) is 7.95. The standard InChI is InChI=1S/C30H36O15/c1-40-16-7-4-14-8-19(43-30-28(39)26(37)24(35)21(12-32)45-30)17(10-22(33)42-18(14)9-16)13-2-5-15(6-3-13)41-29-27(38)25(36)23(34)20(11-31)44-29/h2-7,9-10,19-21,23-32,34-39H,8,11-12H2,1H3/t19?,20-,21-,23-,24-,25+,26+,27-,28-,29-,30-/m1/s1. The van der Waals surface area contributed by atoms with Crippen molar-refractivity contribution in [1.82, 2.24) is 0 Å². The minimum absolute atomic E-state index is 0.0799. The maximum absolute atomic E-state index is 13.0. The Bertz CT molecular complexity index is 1350. The highest BCUT2D eigenvalue weighted by atomic mass is 16.7. The zero-order valence-corrected chi connectivity index (χ0v) is 24.0. The maximum atomic E-state index is 13.0. The molecule has 0 saturated carbocycles. The summed E-state index contributed by atoms with van der Waals surface area (Å²) in [5, 5.41) is 80.7. The van der Waals surface area contributed by atoms with Crippen LogP contribution in [-0.4, -0.2) is 135 Å². The fourth-order valence-electron chi connectivity index (χ4n) is 5.35. The van der Waals surface area contributed by atoms with Crippen molar-refractivity contribution in [1.29, 1.82) is 0 Å². The topological polar surface area (TPSA) is 234 Å². The molecule has 246 valence electrons. The van der Waals surface area contributed by atoms with Crippen LogP contribution < -0.4 is 14.2 Å². The highest BCUT2D eigenvalue weighted by molar-refractivity contribution is 5.94. The molecule has 2 aromatic carbocycles. The Hall–Kier alpha value is -3.19. The number of carbonyl (C=O) groups excluding carboxylic acids is 1. The van der Waals surface area contributed by atoms with Gasteiger partial charge in [0.05, 0.1) is 26.4 Å². The summed E-state index contributed by atoms with van der Waals surface area (Å²) in [5.74, 6) is 0.0530. The van der Waals surface area contributed by atoms with Gasteiger partial charge in [-0.1, -0.05) is 18.2 Å². The van der Waals surface area contributed by atoms with Crippen molar-refractivity contribution < 1.29 is 74.1 Å². The van der Waals surface area contributed by atoms with E-state index in [0.29, 0.717) is 16.9 Å². The van der Waals surface area contributed by atoms with E-state index in [-0.39, 0.29) is 23.5 Å². The van der Waals surface area contributed by atoms with Gasteiger partial charge in [-0.2, -0.15) is 0 Å². The maximum Gasteiger partial charge on any atom is 0.336 e. The molecule has 5 rings (SSSR count). The van der Waals surface area contributed by atoms with E-state index in [9.17, 15) is 45.6 Å². The summed E-state index contributed by atoms with van der Waals surface area (Å²) in [4.78, 5) is 13.0. The molecule has 3 aliphatic heterocycles. The summed E-state index contributed by atoms with van der Waals surface area (Å²) in [6, 6.07) is 10.9. The molecular weight excluding hydrogens is 600 g/mol. The van der Waals surface area contributed by atoms with Crippen molar-refractivity contribution in [2.45, 2.75) is 73.9 Å². The number of aliphatic hydroxyl groups excluding tert-OH is 8. The average Bonchev–Trinajstić information content (AvgIpc) is 3.04. The molecule has 0 aromatic heterocycles. The highest BCUT2D eigenvalue weighted by Crippen LogP contribution is 2.35. The van der Waals surface area contributed by atoms with Gasteiger partial charge in [0, 0.05) is 18.6 Å². The molecule has 0 aliphatic carbocycles. The number of carbonyl (C=O) groups is 1. The molecular formula is C30H36O15. The fourth-order valence-corrected chi connectivity index (χ4v) is 5.35. The largest absolute Gasteiger partial charge is 0.497 e. The minimum atomic E-state index is -1.70. The van der Waals surface area contributed by atoms with Gasteiger partial charge in [0.25, 0.3) is 0 Å². The lowest BCUT2D eigenvalue weighted by atomic mass is 9.93. The number of esters is 1. The van der Waals surface area contributed by atoms with Crippen LogP contribution in [0.3, 0.4) is 0 Å². The van der Waals surface area contributed by atoms with Crippen LogP contribution in [0.2, 0.25) is 0 Å². The van der Waals surface area contributed by atoms with Crippen molar-refractivity contribution >= 4 is 11.5 Å². The lowest BCUT2D eigenvalue weighted by Gasteiger charge is -2.41. The third kappa shape index (κ3) is 6.98. The number of hydrogen-bond donors (Lipinski definition) is 8. The molecule has 0 radical (unpaired) electrons. The summed E-state index contributed by atoms with van der Waals surface area (Å²) in [5.41, 5.74) is 1.24. The molecule has 15 heteroatoms. The first-order valence-corrected chi connectivity index (χ1v) is 14.2. The van der Waals surface area contributed by atoms with E-state index < -0.39 is 86.7 Å². The Morgan fingerprint density at radius 1 is 0.756 bits per heavy atom. The number of rotatable bonds is 8. The normalized spacial score (nSPS) is 35.4. The van der Waals surface area contributed by atoms with E-state index in [2.05, 4.69) is 0 Å². The fraction of sp³-hybridized carbons (Fsp3) is 0.500. The number of benzene rings is 2. The van der Waals surface area contributed by atoms with E-state index in [0.717, 1.165) is 0 Å². The molecule has 2 aromatic rings. The SMILES string of the molecule is COc1ccc2c(c1)OC(=O)C=C(c1ccc(O[C@@H]3O[C@H](CO)[C@@H](O)[C@H](O)[C@H]3O)cc1)C(O[C@@H]1O[C@H](CO)[C@@H](O)[C@H](O)[C@H]1O)C2. The van der Waals surface area contributed by atoms with Crippen LogP contribution in [0.1, 0.15) is 11.1 Å². The summed E-state index contributed by atoms with van der Waals surface area (Å²) < 4.78 is 33.6. The van der Waals surface area contributed by atoms with Crippen molar-refractivity contribution in [2.75, 3.05) is 20.3 Å². The monoisotopic (exact) mass is 636 g/mol. The molecule has 0 bridgehead atoms. The van der Waals surface area contributed by atoms with Crippen molar-refractivity contribution in [2.24, 2.45) is 0 Å². The van der Waals surface area contributed by atoms with Crippen LogP contribution in [0.15, 0.2) is 48.5 Å². The van der Waals surface area contributed by atoms with Crippen LogP contribution in [0.4, 0.5) is 0 Å². The third-order valence-corrected chi connectivity index (χ3v) is 7.95. The average molecular weight is 637 g/mol. The minimum Gasteiger partial charge on any atom is -0.497 e. The second-order valence-corrected chi connectivity index (χ2v) is 10.9. The molecule has 45 heavy (non-hydrogen) atoms. The number of methoxy groups -OCH3 is 1. The van der Waals surface area contributed by atoms with Gasteiger partial charge >= 0.3 is 5.97 Å². The summed E-state index contributed by atoms with van der Waals surface area (Å²) in [6.07, 6.45) is -14.9. The second kappa shape index (κ2) is 14.1. The van der Waals surface area contributed by atoms with E-state index in [4.69, 9.17) is 28.4 Å². The quantitative estimate of drug-likeness (QED) is 0.111. The zero-order valence-electron chi connectivity index (χ0n) is 24.0. The Morgan fingerprint density at radius 3 is 1.93 bits per heavy atom. The summed E-state index contributed by atoms with van der Waals surface area (Å²) in [6.45, 7) is -1.29. The van der Waals surface area contributed by atoms with Crippen LogP contribution in [0.25, 0.3) is 5.57 Å². The lowest BCUT2D eigenvalue weighted by Crippen LogP contribution is -2.60. The molecule has 8 N–H and O–H groups in total. The van der Waals surface area contributed by atoms with Crippen LogP contribution in [0.5, 0.6) is 17.2 Å². The first-order chi connectivity index (χ1) is 21.5. The van der Waals surface area contributed by atoms with Gasteiger partial charge < -0.3 is 69.3 Å².